The highest BCUT2D eigenvalue weighted by Crippen LogP contribution is 2.78. The number of hydrogen-bond donors (Lipinski definition) is 2. The SMILES string of the molecule is CC(=O)O[C@H]1[C@H]2OC23C2CC[C@]4(O)C[C@@H](O)CC[C@]4(C)[C@H]2CC[C@]3(C)[C@H]1c1ccc(=O)oc1. The van der Waals surface area contributed by atoms with Crippen LogP contribution in [0.1, 0.15) is 77.2 Å². The Morgan fingerprint density at radius 3 is 2.52 bits per heavy atom. The van der Waals surface area contributed by atoms with Gasteiger partial charge in [0.15, 0.2) is 0 Å². The number of ether oxygens (including phenoxy) is 2. The largest absolute Gasteiger partial charge is 0.459 e. The summed E-state index contributed by atoms with van der Waals surface area (Å²) in [5.41, 5.74) is -1.34. The maximum Gasteiger partial charge on any atom is 0.335 e. The Labute approximate surface area is 193 Å². The van der Waals surface area contributed by atoms with Gasteiger partial charge in [-0.1, -0.05) is 13.8 Å². The van der Waals surface area contributed by atoms with Crippen molar-refractivity contribution < 1.29 is 28.9 Å². The minimum atomic E-state index is -0.850. The van der Waals surface area contributed by atoms with Gasteiger partial charge in [0.1, 0.15) is 17.8 Å². The number of carbonyl (C=O) groups excluding carboxylic acids is 1. The van der Waals surface area contributed by atoms with Crippen molar-refractivity contribution in [2.45, 2.75) is 101 Å². The van der Waals surface area contributed by atoms with E-state index in [1.54, 1.807) is 6.07 Å². The zero-order valence-corrected chi connectivity index (χ0v) is 19.6. The average Bonchev–Trinajstić information content (AvgIpc) is 3.45. The Bertz CT molecular complexity index is 1030. The van der Waals surface area contributed by atoms with Crippen LogP contribution in [0, 0.1) is 22.7 Å². The smallest absolute Gasteiger partial charge is 0.335 e. The normalized spacial score (nSPS) is 52.2. The van der Waals surface area contributed by atoms with Gasteiger partial charge in [-0.3, -0.25) is 4.79 Å². The summed E-state index contributed by atoms with van der Waals surface area (Å²) in [5, 5.41) is 22.0. The lowest BCUT2D eigenvalue weighted by Gasteiger charge is -2.63. The van der Waals surface area contributed by atoms with E-state index in [4.69, 9.17) is 13.9 Å². The predicted octanol–water partition coefficient (Wildman–Crippen LogP) is 2.91. The fourth-order valence-corrected chi connectivity index (χ4v) is 9.10. The van der Waals surface area contributed by atoms with Crippen molar-refractivity contribution in [3.05, 3.63) is 34.4 Å². The highest BCUT2D eigenvalue weighted by Gasteiger charge is 2.85. The van der Waals surface area contributed by atoms with Crippen LogP contribution < -0.4 is 5.63 Å². The molecule has 7 nitrogen and oxygen atoms in total. The van der Waals surface area contributed by atoms with E-state index >= 15 is 0 Å². The lowest BCUT2D eigenvalue weighted by atomic mass is 9.42. The van der Waals surface area contributed by atoms with Crippen LogP contribution in [0.2, 0.25) is 0 Å². The molecule has 4 aliphatic carbocycles. The summed E-state index contributed by atoms with van der Waals surface area (Å²) in [6.45, 7) is 5.89. The third-order valence-electron chi connectivity index (χ3n) is 10.6. The van der Waals surface area contributed by atoms with Crippen LogP contribution in [-0.2, 0) is 14.3 Å². The molecule has 0 radical (unpaired) electrons. The number of fused-ring (bicyclic) bond motifs is 3. The van der Waals surface area contributed by atoms with E-state index in [9.17, 15) is 19.8 Å². The molecule has 0 amide bonds. The second-order valence-corrected chi connectivity index (χ2v) is 11.8. The minimum Gasteiger partial charge on any atom is -0.459 e. The number of epoxide rings is 1. The monoisotopic (exact) mass is 458 g/mol. The number of esters is 1. The summed E-state index contributed by atoms with van der Waals surface area (Å²) in [7, 11) is 0. The first-order chi connectivity index (χ1) is 15.6. The summed E-state index contributed by atoms with van der Waals surface area (Å²) < 4.78 is 17.7. The molecule has 6 rings (SSSR count). The molecule has 10 atom stereocenters. The Morgan fingerprint density at radius 1 is 1.09 bits per heavy atom. The molecule has 1 spiro atoms. The van der Waals surface area contributed by atoms with E-state index in [-0.39, 0.29) is 40.7 Å². The lowest BCUT2D eigenvalue weighted by molar-refractivity contribution is -0.224. The van der Waals surface area contributed by atoms with Gasteiger partial charge in [-0.25, -0.2) is 4.79 Å². The maximum absolute atomic E-state index is 12.1. The van der Waals surface area contributed by atoms with Gasteiger partial charge >= 0.3 is 11.6 Å². The molecule has 5 fully saturated rings. The zero-order chi connectivity index (χ0) is 23.4. The van der Waals surface area contributed by atoms with Crippen LogP contribution in [0.3, 0.4) is 0 Å². The predicted molar refractivity (Wildman–Crippen MR) is 117 cm³/mol. The Balaban J connectivity index is 1.42. The third kappa shape index (κ3) is 2.62. The van der Waals surface area contributed by atoms with Crippen molar-refractivity contribution >= 4 is 5.97 Å². The second-order valence-electron chi connectivity index (χ2n) is 11.8. The van der Waals surface area contributed by atoms with Crippen LogP contribution in [0.25, 0.3) is 0 Å². The molecule has 0 bridgehead atoms. The summed E-state index contributed by atoms with van der Waals surface area (Å²) in [4.78, 5) is 23.7. The van der Waals surface area contributed by atoms with Crippen LogP contribution in [-0.4, -0.2) is 45.7 Å². The molecule has 180 valence electrons. The summed E-state index contributed by atoms with van der Waals surface area (Å²) in [5.74, 6) is 0.0816. The highest BCUT2D eigenvalue weighted by atomic mass is 16.7. The summed E-state index contributed by atoms with van der Waals surface area (Å²) in [6, 6.07) is 3.23. The first kappa shape index (κ1) is 21.8. The van der Waals surface area contributed by atoms with Crippen molar-refractivity contribution in [2.75, 3.05) is 0 Å². The van der Waals surface area contributed by atoms with Gasteiger partial charge < -0.3 is 24.1 Å². The molecule has 1 saturated heterocycles. The molecule has 2 N–H and O–H groups in total. The molecule has 5 aliphatic rings. The van der Waals surface area contributed by atoms with E-state index in [0.29, 0.717) is 12.8 Å². The molecule has 4 saturated carbocycles. The first-order valence-electron chi connectivity index (χ1n) is 12.4. The van der Waals surface area contributed by atoms with Crippen molar-refractivity contribution in [3.8, 4) is 0 Å². The fourth-order valence-electron chi connectivity index (χ4n) is 9.10. The Morgan fingerprint density at radius 2 is 1.82 bits per heavy atom. The maximum atomic E-state index is 12.1. The quantitative estimate of drug-likeness (QED) is 0.518. The zero-order valence-electron chi connectivity index (χ0n) is 19.6. The Kier molecular flexibility index (Phi) is 4.43. The van der Waals surface area contributed by atoms with Gasteiger partial charge in [-0.05, 0) is 67.4 Å². The van der Waals surface area contributed by atoms with Crippen molar-refractivity contribution in [3.63, 3.8) is 0 Å². The lowest BCUT2D eigenvalue weighted by Crippen LogP contribution is -2.65. The van der Waals surface area contributed by atoms with E-state index in [1.165, 1.54) is 19.3 Å². The van der Waals surface area contributed by atoms with Gasteiger partial charge in [0.2, 0.25) is 0 Å². The number of hydrogen-bond acceptors (Lipinski definition) is 7. The molecule has 1 aromatic rings. The summed E-state index contributed by atoms with van der Waals surface area (Å²) in [6.07, 6.45) is 5.74. The molecule has 2 unspecified atom stereocenters. The number of rotatable bonds is 2. The number of aliphatic hydroxyl groups is 2. The molecular weight excluding hydrogens is 424 g/mol. The van der Waals surface area contributed by atoms with Crippen LogP contribution in [0.15, 0.2) is 27.6 Å². The van der Waals surface area contributed by atoms with E-state index in [1.807, 2.05) is 0 Å². The van der Waals surface area contributed by atoms with Crippen LogP contribution in [0.4, 0.5) is 0 Å². The second kappa shape index (κ2) is 6.70. The van der Waals surface area contributed by atoms with E-state index < -0.39 is 29.0 Å². The standard InChI is InChI=1S/C26H34O7/c1-14(27)32-21-20(15-4-5-19(29)31-13-15)24(3)10-7-17-18(26(24)22(21)33-26)8-11-25(30)12-16(28)6-9-23(17,25)2/h4-5,13,16-18,20-22,28,30H,6-12H2,1-3H3/t16-,17-,18?,20-,21+,22+,23+,24+,25-,26?/m0/s1. The highest BCUT2D eigenvalue weighted by molar-refractivity contribution is 5.66. The minimum absolute atomic E-state index is 0.118. The average molecular weight is 459 g/mol. The van der Waals surface area contributed by atoms with Crippen molar-refractivity contribution in [2.24, 2.45) is 22.7 Å². The third-order valence-corrected chi connectivity index (χ3v) is 10.6. The molecule has 1 aromatic heterocycles. The molecule has 33 heavy (non-hydrogen) atoms. The number of aliphatic hydroxyl groups excluding tert-OH is 1. The van der Waals surface area contributed by atoms with Crippen molar-refractivity contribution in [1.29, 1.82) is 0 Å². The Hall–Kier alpha value is -1.70. The van der Waals surface area contributed by atoms with E-state index in [0.717, 1.165) is 37.7 Å². The van der Waals surface area contributed by atoms with Crippen molar-refractivity contribution in [1.82, 2.24) is 0 Å². The van der Waals surface area contributed by atoms with Gasteiger partial charge in [0, 0.05) is 30.7 Å². The molecule has 7 heteroatoms. The fraction of sp³-hybridized carbons (Fsp3) is 0.769. The summed E-state index contributed by atoms with van der Waals surface area (Å²) >= 11 is 0. The first-order valence-corrected chi connectivity index (χ1v) is 12.4. The van der Waals surface area contributed by atoms with Gasteiger partial charge in [-0.2, -0.15) is 0 Å². The molecule has 1 aliphatic heterocycles. The molecular formula is C26H34O7. The topological polar surface area (TPSA) is 110 Å². The van der Waals surface area contributed by atoms with Gasteiger partial charge in [0.25, 0.3) is 0 Å². The van der Waals surface area contributed by atoms with Gasteiger partial charge in [-0.15, -0.1) is 0 Å². The number of carbonyl (C=O) groups is 1. The van der Waals surface area contributed by atoms with Crippen LogP contribution >= 0.6 is 0 Å². The van der Waals surface area contributed by atoms with Gasteiger partial charge in [0.05, 0.1) is 18.0 Å². The molecule has 0 aromatic carbocycles. The van der Waals surface area contributed by atoms with Crippen LogP contribution in [0.5, 0.6) is 0 Å². The van der Waals surface area contributed by atoms with E-state index in [2.05, 4.69) is 13.8 Å². The molecule has 2 heterocycles.